The predicted octanol–water partition coefficient (Wildman–Crippen LogP) is 2.46. The number of morpholine rings is 1. The quantitative estimate of drug-likeness (QED) is 0.575. The molecular weight excluding hydrogens is 366 g/mol. The number of hydrogen-bond donors (Lipinski definition) is 1. The molecule has 0 aromatic heterocycles. The second-order valence-electron chi connectivity index (χ2n) is 6.07. The van der Waals surface area contributed by atoms with Crippen molar-refractivity contribution in [1.82, 2.24) is 0 Å². The summed E-state index contributed by atoms with van der Waals surface area (Å²) < 4.78 is 15.9. The van der Waals surface area contributed by atoms with Crippen molar-refractivity contribution in [1.29, 1.82) is 0 Å². The Morgan fingerprint density at radius 1 is 1.18 bits per heavy atom. The maximum atomic E-state index is 12.3. The summed E-state index contributed by atoms with van der Waals surface area (Å²) in [5.74, 6) is 0.866. The number of non-ortho nitro benzene ring substituents is 1. The van der Waals surface area contributed by atoms with Gasteiger partial charge in [-0.1, -0.05) is 0 Å². The van der Waals surface area contributed by atoms with Crippen molar-refractivity contribution in [3.63, 3.8) is 0 Å². The lowest BCUT2D eigenvalue weighted by Crippen LogP contribution is -2.37. The fraction of sp³-hybridized carbons (Fsp3) is 0.316. The van der Waals surface area contributed by atoms with Crippen LogP contribution in [-0.4, -0.2) is 50.9 Å². The summed E-state index contributed by atoms with van der Waals surface area (Å²) in [5.41, 5.74) is 1.06. The molecule has 2 aromatic rings. The molecule has 0 spiro atoms. The average Bonchev–Trinajstić information content (AvgIpc) is 2.73. The first-order valence-electron chi connectivity index (χ1n) is 8.74. The number of hydrogen-bond acceptors (Lipinski definition) is 7. The van der Waals surface area contributed by atoms with E-state index in [0.29, 0.717) is 49.2 Å². The maximum absolute atomic E-state index is 12.3. The van der Waals surface area contributed by atoms with Gasteiger partial charge >= 0.3 is 0 Å². The van der Waals surface area contributed by atoms with E-state index in [9.17, 15) is 14.9 Å². The Balaban J connectivity index is 1.69. The first-order valence-corrected chi connectivity index (χ1v) is 8.74. The third-order valence-corrected chi connectivity index (χ3v) is 4.25. The van der Waals surface area contributed by atoms with Crippen molar-refractivity contribution in [3.05, 3.63) is 52.6 Å². The number of ether oxygens (including phenoxy) is 3. The predicted molar refractivity (Wildman–Crippen MR) is 103 cm³/mol. The smallest absolute Gasteiger partial charge is 0.271 e. The third kappa shape index (κ3) is 4.89. The molecule has 0 bridgehead atoms. The standard InChI is InChI=1S/C19H21N3O6/c1-26-15-3-5-16(6-4-15)28-13-19(23)20-17-7-2-14(22(24)25)12-18(17)21-8-10-27-11-9-21/h2-7,12H,8-11,13H2,1H3,(H,20,23). The number of nitrogens with one attached hydrogen (secondary N) is 1. The molecule has 0 unspecified atom stereocenters. The summed E-state index contributed by atoms with van der Waals surface area (Å²) in [4.78, 5) is 24.9. The van der Waals surface area contributed by atoms with E-state index in [1.807, 2.05) is 4.90 Å². The number of methoxy groups -OCH3 is 1. The van der Waals surface area contributed by atoms with Gasteiger partial charge in [0.1, 0.15) is 11.5 Å². The Kier molecular flexibility index (Phi) is 6.28. The topological polar surface area (TPSA) is 103 Å². The van der Waals surface area contributed by atoms with Crippen molar-refractivity contribution >= 4 is 23.0 Å². The Labute approximate surface area is 162 Å². The number of amides is 1. The van der Waals surface area contributed by atoms with E-state index in [0.717, 1.165) is 0 Å². The Morgan fingerprint density at radius 2 is 1.86 bits per heavy atom. The minimum Gasteiger partial charge on any atom is -0.497 e. The van der Waals surface area contributed by atoms with Gasteiger partial charge in [-0.2, -0.15) is 0 Å². The third-order valence-electron chi connectivity index (χ3n) is 4.25. The molecule has 0 atom stereocenters. The number of nitro benzene ring substituents is 1. The van der Waals surface area contributed by atoms with Gasteiger partial charge in [-0.25, -0.2) is 0 Å². The monoisotopic (exact) mass is 387 g/mol. The minimum absolute atomic E-state index is 0.0334. The van der Waals surface area contributed by atoms with E-state index < -0.39 is 4.92 Å². The second kappa shape index (κ2) is 9.05. The Morgan fingerprint density at radius 3 is 2.50 bits per heavy atom. The van der Waals surface area contributed by atoms with Gasteiger partial charge < -0.3 is 24.4 Å². The van der Waals surface area contributed by atoms with Gasteiger partial charge in [-0.3, -0.25) is 14.9 Å². The number of carbonyl (C=O) groups excluding carboxylic acids is 1. The van der Waals surface area contributed by atoms with Crippen LogP contribution in [0.25, 0.3) is 0 Å². The number of carbonyl (C=O) groups is 1. The first-order chi connectivity index (χ1) is 13.6. The number of rotatable bonds is 7. The zero-order chi connectivity index (χ0) is 19.9. The van der Waals surface area contributed by atoms with Crippen molar-refractivity contribution < 1.29 is 23.9 Å². The molecule has 1 N–H and O–H groups in total. The van der Waals surface area contributed by atoms with E-state index in [1.54, 1.807) is 31.4 Å². The normalized spacial score (nSPS) is 13.7. The van der Waals surface area contributed by atoms with E-state index in [2.05, 4.69) is 5.32 Å². The van der Waals surface area contributed by atoms with Crippen LogP contribution in [0.3, 0.4) is 0 Å². The van der Waals surface area contributed by atoms with Crippen LogP contribution in [-0.2, 0) is 9.53 Å². The largest absolute Gasteiger partial charge is 0.497 e. The van der Waals surface area contributed by atoms with Crippen molar-refractivity contribution in [2.75, 3.05) is 50.2 Å². The van der Waals surface area contributed by atoms with Crippen LogP contribution in [0.4, 0.5) is 17.1 Å². The highest BCUT2D eigenvalue weighted by Crippen LogP contribution is 2.31. The average molecular weight is 387 g/mol. The molecule has 9 heteroatoms. The van der Waals surface area contributed by atoms with Crippen molar-refractivity contribution in [3.8, 4) is 11.5 Å². The Hall–Kier alpha value is -3.33. The molecule has 3 rings (SSSR count). The van der Waals surface area contributed by atoms with Crippen LogP contribution in [0.1, 0.15) is 0 Å². The van der Waals surface area contributed by atoms with E-state index in [4.69, 9.17) is 14.2 Å². The summed E-state index contributed by atoms with van der Waals surface area (Å²) >= 11 is 0. The highest BCUT2D eigenvalue weighted by molar-refractivity contribution is 5.95. The van der Waals surface area contributed by atoms with Gasteiger partial charge in [-0.15, -0.1) is 0 Å². The highest BCUT2D eigenvalue weighted by atomic mass is 16.6. The molecule has 9 nitrogen and oxygen atoms in total. The second-order valence-corrected chi connectivity index (χ2v) is 6.07. The molecule has 1 fully saturated rings. The number of anilines is 2. The molecule has 148 valence electrons. The van der Waals surface area contributed by atoms with Gasteiger partial charge in [0.05, 0.1) is 36.6 Å². The van der Waals surface area contributed by atoms with Crippen LogP contribution in [0.15, 0.2) is 42.5 Å². The maximum Gasteiger partial charge on any atom is 0.271 e. The molecule has 0 aliphatic carbocycles. The van der Waals surface area contributed by atoms with Gasteiger partial charge in [0.15, 0.2) is 6.61 Å². The summed E-state index contributed by atoms with van der Waals surface area (Å²) in [6, 6.07) is 11.2. The van der Waals surface area contributed by atoms with Crippen LogP contribution in [0.2, 0.25) is 0 Å². The lowest BCUT2D eigenvalue weighted by Gasteiger charge is -2.30. The van der Waals surface area contributed by atoms with Gasteiger partial charge in [0, 0.05) is 25.2 Å². The van der Waals surface area contributed by atoms with Gasteiger partial charge in [-0.05, 0) is 30.3 Å². The Bertz CT molecular complexity index is 834. The molecular formula is C19H21N3O6. The SMILES string of the molecule is COc1ccc(OCC(=O)Nc2ccc([N+](=O)[O-])cc2N2CCOCC2)cc1. The molecule has 0 saturated carbocycles. The lowest BCUT2D eigenvalue weighted by atomic mass is 10.2. The van der Waals surface area contributed by atoms with E-state index in [-0.39, 0.29) is 18.2 Å². The first kappa shape index (κ1) is 19.4. The number of benzene rings is 2. The molecule has 0 radical (unpaired) electrons. The molecule has 1 amide bonds. The highest BCUT2D eigenvalue weighted by Gasteiger charge is 2.20. The summed E-state index contributed by atoms with van der Waals surface area (Å²) in [5, 5.41) is 13.9. The van der Waals surface area contributed by atoms with Crippen molar-refractivity contribution in [2.45, 2.75) is 0 Å². The molecule has 1 heterocycles. The van der Waals surface area contributed by atoms with E-state index >= 15 is 0 Å². The summed E-state index contributed by atoms with van der Waals surface area (Å²) in [7, 11) is 1.57. The van der Waals surface area contributed by atoms with Crippen LogP contribution < -0.4 is 19.7 Å². The molecule has 1 saturated heterocycles. The van der Waals surface area contributed by atoms with Gasteiger partial charge in [0.25, 0.3) is 11.6 Å². The number of nitro groups is 1. The van der Waals surface area contributed by atoms with Crippen molar-refractivity contribution in [2.24, 2.45) is 0 Å². The summed E-state index contributed by atoms with van der Waals surface area (Å²) in [6.07, 6.45) is 0. The fourth-order valence-electron chi connectivity index (χ4n) is 2.81. The van der Waals surface area contributed by atoms with E-state index in [1.165, 1.54) is 18.2 Å². The fourth-order valence-corrected chi connectivity index (χ4v) is 2.81. The van der Waals surface area contributed by atoms with Crippen LogP contribution in [0, 0.1) is 10.1 Å². The lowest BCUT2D eigenvalue weighted by molar-refractivity contribution is -0.384. The number of nitrogens with zero attached hydrogens (tertiary/aromatic N) is 2. The van der Waals surface area contributed by atoms with Crippen LogP contribution >= 0.6 is 0 Å². The molecule has 1 aliphatic heterocycles. The molecule has 2 aromatic carbocycles. The molecule has 28 heavy (non-hydrogen) atoms. The zero-order valence-corrected chi connectivity index (χ0v) is 15.4. The zero-order valence-electron chi connectivity index (χ0n) is 15.4. The van der Waals surface area contributed by atoms with Gasteiger partial charge in [0.2, 0.25) is 0 Å². The van der Waals surface area contributed by atoms with Crippen LogP contribution in [0.5, 0.6) is 11.5 Å². The molecule has 1 aliphatic rings. The minimum atomic E-state index is -0.456. The summed E-state index contributed by atoms with van der Waals surface area (Å²) in [6.45, 7) is 2.04.